The highest BCUT2D eigenvalue weighted by molar-refractivity contribution is 5.21. The molecule has 4 heteroatoms. The third-order valence-corrected chi connectivity index (χ3v) is 3.57. The van der Waals surface area contributed by atoms with Crippen LogP contribution in [0, 0.1) is 12.8 Å². The zero-order chi connectivity index (χ0) is 13.5. The number of likely N-dealkylation sites (tertiary alicyclic amines) is 1. The molecule has 2 rings (SSSR count). The molecule has 1 atom stereocenters. The molecule has 0 N–H and O–H groups in total. The van der Waals surface area contributed by atoms with Crippen molar-refractivity contribution >= 4 is 0 Å². The van der Waals surface area contributed by atoms with Crippen LogP contribution in [0.15, 0.2) is 18.3 Å². The highest BCUT2D eigenvalue weighted by Gasteiger charge is 2.20. The highest BCUT2D eigenvalue weighted by atomic mass is 16.5. The number of ether oxygens (including phenoxy) is 2. The zero-order valence-corrected chi connectivity index (χ0v) is 12.0. The summed E-state index contributed by atoms with van der Waals surface area (Å²) in [7, 11) is 1.76. The summed E-state index contributed by atoms with van der Waals surface area (Å²) in [6, 6.07) is 3.92. The summed E-state index contributed by atoms with van der Waals surface area (Å²) in [6.45, 7) is 6.94. The van der Waals surface area contributed by atoms with Crippen molar-refractivity contribution in [3.05, 3.63) is 24.0 Å². The minimum absolute atomic E-state index is 0.624. The van der Waals surface area contributed by atoms with Crippen LogP contribution < -0.4 is 4.74 Å². The quantitative estimate of drug-likeness (QED) is 0.788. The fourth-order valence-corrected chi connectivity index (χ4v) is 2.53. The van der Waals surface area contributed by atoms with Crippen molar-refractivity contribution in [1.29, 1.82) is 0 Å². The number of aromatic nitrogens is 1. The molecule has 106 valence electrons. The average molecular weight is 264 g/mol. The molecule has 0 aromatic carbocycles. The van der Waals surface area contributed by atoms with Gasteiger partial charge in [-0.1, -0.05) is 0 Å². The molecule has 1 aliphatic rings. The lowest BCUT2D eigenvalue weighted by molar-refractivity contribution is 0.0958. The fraction of sp³-hybridized carbons (Fsp3) is 0.667. The summed E-state index contributed by atoms with van der Waals surface area (Å²) in [5.41, 5.74) is 1.00. The van der Waals surface area contributed by atoms with Gasteiger partial charge in [-0.2, -0.15) is 0 Å². The number of nitrogens with zero attached hydrogens (tertiary/aromatic N) is 2. The van der Waals surface area contributed by atoms with Gasteiger partial charge in [-0.25, -0.2) is 0 Å². The lowest BCUT2D eigenvalue weighted by Gasteiger charge is -2.32. The largest absolute Gasteiger partial charge is 0.493 e. The van der Waals surface area contributed by atoms with E-state index in [1.807, 2.05) is 19.1 Å². The van der Waals surface area contributed by atoms with Gasteiger partial charge in [-0.15, -0.1) is 0 Å². The van der Waals surface area contributed by atoms with E-state index in [1.165, 1.54) is 19.4 Å². The van der Waals surface area contributed by atoms with E-state index >= 15 is 0 Å². The van der Waals surface area contributed by atoms with Gasteiger partial charge < -0.3 is 14.4 Å². The molecule has 0 aliphatic carbocycles. The van der Waals surface area contributed by atoms with Gasteiger partial charge in [0.1, 0.15) is 5.75 Å². The Labute approximate surface area is 115 Å². The molecule has 0 radical (unpaired) electrons. The van der Waals surface area contributed by atoms with Crippen LogP contribution >= 0.6 is 0 Å². The minimum Gasteiger partial charge on any atom is -0.493 e. The Kier molecular flexibility index (Phi) is 5.61. The molecule has 1 aromatic heterocycles. The minimum atomic E-state index is 0.624. The van der Waals surface area contributed by atoms with Crippen LogP contribution in [0.1, 0.15) is 18.5 Å². The number of piperidine rings is 1. The molecule has 4 nitrogen and oxygen atoms in total. The lowest BCUT2D eigenvalue weighted by atomic mass is 9.99. The van der Waals surface area contributed by atoms with Crippen LogP contribution in [0.3, 0.4) is 0 Å². The van der Waals surface area contributed by atoms with E-state index in [-0.39, 0.29) is 0 Å². The maximum Gasteiger partial charge on any atom is 0.122 e. The summed E-state index contributed by atoms with van der Waals surface area (Å²) < 4.78 is 11.0. The molecule has 0 bridgehead atoms. The molecule has 1 unspecified atom stereocenters. The number of hydrogen-bond donors (Lipinski definition) is 0. The van der Waals surface area contributed by atoms with Gasteiger partial charge in [0.05, 0.1) is 13.2 Å². The SMILES string of the molecule is COCCN1CCCC(COc2ccnc(C)c2)C1. The van der Waals surface area contributed by atoms with Crippen molar-refractivity contribution in [1.82, 2.24) is 9.88 Å². The van der Waals surface area contributed by atoms with E-state index in [1.54, 1.807) is 13.3 Å². The summed E-state index contributed by atoms with van der Waals surface area (Å²) >= 11 is 0. The molecule has 2 heterocycles. The van der Waals surface area contributed by atoms with Crippen LogP contribution in [0.5, 0.6) is 5.75 Å². The standard InChI is InChI=1S/C15H24N2O2/c1-13-10-15(5-6-16-13)19-12-14-4-3-7-17(11-14)8-9-18-2/h5-6,10,14H,3-4,7-9,11-12H2,1-2H3. The van der Waals surface area contributed by atoms with Gasteiger partial charge >= 0.3 is 0 Å². The number of pyridine rings is 1. The number of methoxy groups -OCH3 is 1. The third-order valence-electron chi connectivity index (χ3n) is 3.57. The Morgan fingerprint density at radius 2 is 2.37 bits per heavy atom. The average Bonchev–Trinajstić information content (AvgIpc) is 2.43. The zero-order valence-electron chi connectivity index (χ0n) is 12.0. The summed E-state index contributed by atoms with van der Waals surface area (Å²) in [6.07, 6.45) is 4.32. The monoisotopic (exact) mass is 264 g/mol. The van der Waals surface area contributed by atoms with E-state index in [9.17, 15) is 0 Å². The molecular formula is C15H24N2O2. The van der Waals surface area contributed by atoms with Gasteiger partial charge in [0.25, 0.3) is 0 Å². The van der Waals surface area contributed by atoms with E-state index in [0.717, 1.165) is 37.7 Å². The van der Waals surface area contributed by atoms with Gasteiger partial charge in [0.2, 0.25) is 0 Å². The number of hydrogen-bond acceptors (Lipinski definition) is 4. The molecule has 1 saturated heterocycles. The lowest BCUT2D eigenvalue weighted by Crippen LogP contribution is -2.39. The van der Waals surface area contributed by atoms with Crippen LogP contribution in [-0.2, 0) is 4.74 Å². The molecule has 0 spiro atoms. The van der Waals surface area contributed by atoms with Gasteiger partial charge in [-0.3, -0.25) is 4.98 Å². The van der Waals surface area contributed by atoms with Crippen LogP contribution in [0.2, 0.25) is 0 Å². The second-order valence-electron chi connectivity index (χ2n) is 5.25. The van der Waals surface area contributed by atoms with Crippen molar-refractivity contribution in [3.63, 3.8) is 0 Å². The maximum atomic E-state index is 5.88. The van der Waals surface area contributed by atoms with Crippen LogP contribution in [0.25, 0.3) is 0 Å². The second kappa shape index (κ2) is 7.46. The van der Waals surface area contributed by atoms with E-state index in [0.29, 0.717) is 5.92 Å². The van der Waals surface area contributed by atoms with E-state index < -0.39 is 0 Å². The predicted molar refractivity (Wildman–Crippen MR) is 75.5 cm³/mol. The maximum absolute atomic E-state index is 5.88. The first kappa shape index (κ1) is 14.3. The Bertz CT molecular complexity index is 384. The van der Waals surface area contributed by atoms with Crippen molar-refractivity contribution < 1.29 is 9.47 Å². The van der Waals surface area contributed by atoms with E-state index in [4.69, 9.17) is 9.47 Å². The first-order valence-electron chi connectivity index (χ1n) is 7.04. The topological polar surface area (TPSA) is 34.6 Å². The molecule has 0 saturated carbocycles. The highest BCUT2D eigenvalue weighted by Crippen LogP contribution is 2.18. The fourth-order valence-electron chi connectivity index (χ4n) is 2.53. The van der Waals surface area contributed by atoms with Crippen LogP contribution in [0.4, 0.5) is 0 Å². The Morgan fingerprint density at radius 1 is 1.47 bits per heavy atom. The molecule has 0 amide bonds. The Morgan fingerprint density at radius 3 is 3.16 bits per heavy atom. The molecular weight excluding hydrogens is 240 g/mol. The Balaban J connectivity index is 1.76. The summed E-state index contributed by atoms with van der Waals surface area (Å²) in [5, 5.41) is 0. The predicted octanol–water partition coefficient (Wildman–Crippen LogP) is 2.13. The van der Waals surface area contributed by atoms with Crippen molar-refractivity contribution in [2.24, 2.45) is 5.92 Å². The molecule has 1 aliphatic heterocycles. The Hall–Kier alpha value is -1.13. The normalized spacial score (nSPS) is 20.4. The number of rotatable bonds is 6. The van der Waals surface area contributed by atoms with Gasteiger partial charge in [-0.05, 0) is 32.4 Å². The first-order chi connectivity index (χ1) is 9.28. The van der Waals surface area contributed by atoms with Crippen molar-refractivity contribution in [3.8, 4) is 5.75 Å². The smallest absolute Gasteiger partial charge is 0.122 e. The molecule has 19 heavy (non-hydrogen) atoms. The number of aryl methyl sites for hydroxylation is 1. The van der Waals surface area contributed by atoms with Crippen molar-refractivity contribution in [2.75, 3.05) is 40.0 Å². The summed E-state index contributed by atoms with van der Waals surface area (Å²) in [4.78, 5) is 6.65. The summed E-state index contributed by atoms with van der Waals surface area (Å²) in [5.74, 6) is 1.56. The second-order valence-corrected chi connectivity index (χ2v) is 5.25. The van der Waals surface area contributed by atoms with Gasteiger partial charge in [0, 0.05) is 44.1 Å². The third kappa shape index (κ3) is 4.80. The van der Waals surface area contributed by atoms with Crippen molar-refractivity contribution in [2.45, 2.75) is 19.8 Å². The van der Waals surface area contributed by atoms with Gasteiger partial charge in [0.15, 0.2) is 0 Å². The van der Waals surface area contributed by atoms with Crippen LogP contribution in [-0.4, -0.2) is 49.8 Å². The first-order valence-corrected chi connectivity index (χ1v) is 7.04. The van der Waals surface area contributed by atoms with E-state index in [2.05, 4.69) is 9.88 Å². The molecule has 1 fully saturated rings. The molecule has 1 aromatic rings.